The zero-order valence-corrected chi connectivity index (χ0v) is 20.2. The first-order valence-corrected chi connectivity index (χ1v) is 11.7. The predicted molar refractivity (Wildman–Crippen MR) is 138 cm³/mol. The Kier molecular flexibility index (Phi) is 5.26. The molecule has 172 valence electrons. The molecule has 0 saturated carbocycles. The number of hydrogen-bond donors (Lipinski definition) is 3. The second-order valence-electron chi connectivity index (χ2n) is 9.91. The lowest BCUT2D eigenvalue weighted by Crippen LogP contribution is -2.50. The summed E-state index contributed by atoms with van der Waals surface area (Å²) >= 11 is 0. The highest BCUT2D eigenvalue weighted by Gasteiger charge is 2.40. The SMILES string of the molecule is Cc1cc(-c2cccc3c(C)c[nH]c23)c(C#Cc2ccccc2F)c2c1NC(C)(C)[C@@H](O)[C@@H]2C. The summed E-state index contributed by atoms with van der Waals surface area (Å²) in [5, 5.41) is 15.9. The number of aromatic nitrogens is 1. The van der Waals surface area contributed by atoms with Gasteiger partial charge in [-0.25, -0.2) is 4.39 Å². The minimum Gasteiger partial charge on any atom is -0.390 e. The van der Waals surface area contributed by atoms with E-state index in [1.165, 1.54) is 11.6 Å². The third-order valence-electron chi connectivity index (χ3n) is 7.09. The van der Waals surface area contributed by atoms with Crippen LogP contribution in [0.25, 0.3) is 22.0 Å². The molecule has 1 aliphatic heterocycles. The van der Waals surface area contributed by atoms with Crippen molar-refractivity contribution < 1.29 is 9.50 Å². The van der Waals surface area contributed by atoms with Crippen LogP contribution in [0.2, 0.25) is 0 Å². The second kappa shape index (κ2) is 8.04. The predicted octanol–water partition coefficient (Wildman–Crippen LogP) is 6.66. The molecule has 0 saturated heterocycles. The van der Waals surface area contributed by atoms with Gasteiger partial charge in [-0.3, -0.25) is 0 Å². The molecule has 0 radical (unpaired) electrons. The lowest BCUT2D eigenvalue weighted by Gasteiger charge is -2.43. The molecule has 0 aliphatic carbocycles. The van der Waals surface area contributed by atoms with Gasteiger partial charge in [-0.05, 0) is 62.6 Å². The maximum atomic E-state index is 14.4. The minimum absolute atomic E-state index is 0.153. The standard InChI is InChI=1S/C30H29FN2O/c1-17-15-24(23-11-8-10-21-18(2)16-32-28(21)23)22(14-13-20-9-6-7-12-25(20)31)26-19(3)29(34)30(4,5)33-27(17)26/h6-12,15-16,19,29,32-34H,1-5H3/t19-,29+/m1/s1. The summed E-state index contributed by atoms with van der Waals surface area (Å²) in [5.41, 5.74) is 8.01. The number of nitrogens with one attached hydrogen (secondary N) is 2. The van der Waals surface area contributed by atoms with E-state index in [1.54, 1.807) is 18.2 Å². The van der Waals surface area contributed by atoms with Crippen LogP contribution in [0.15, 0.2) is 54.7 Å². The highest BCUT2D eigenvalue weighted by molar-refractivity contribution is 5.98. The van der Waals surface area contributed by atoms with Crippen molar-refractivity contribution in [1.82, 2.24) is 4.98 Å². The summed E-state index contributed by atoms with van der Waals surface area (Å²) in [6.07, 6.45) is 1.41. The first-order chi connectivity index (χ1) is 16.2. The number of anilines is 1. The topological polar surface area (TPSA) is 48.0 Å². The number of aryl methyl sites for hydroxylation is 2. The average molecular weight is 453 g/mol. The average Bonchev–Trinajstić information content (AvgIpc) is 3.19. The van der Waals surface area contributed by atoms with E-state index in [2.05, 4.69) is 60.3 Å². The number of aromatic amines is 1. The lowest BCUT2D eigenvalue weighted by atomic mass is 9.75. The smallest absolute Gasteiger partial charge is 0.138 e. The molecular formula is C30H29FN2O. The molecule has 0 amide bonds. The van der Waals surface area contributed by atoms with Crippen molar-refractivity contribution in [3.8, 4) is 23.0 Å². The van der Waals surface area contributed by atoms with Gasteiger partial charge in [0.25, 0.3) is 0 Å². The van der Waals surface area contributed by atoms with Gasteiger partial charge in [0, 0.05) is 39.9 Å². The zero-order valence-electron chi connectivity index (χ0n) is 20.2. The third kappa shape index (κ3) is 3.48. The van der Waals surface area contributed by atoms with Crippen molar-refractivity contribution in [3.05, 3.63) is 88.4 Å². The zero-order chi connectivity index (χ0) is 24.2. The van der Waals surface area contributed by atoms with Crippen molar-refractivity contribution in [2.45, 2.75) is 52.2 Å². The fourth-order valence-electron chi connectivity index (χ4n) is 5.20. The Labute approximate surface area is 200 Å². The van der Waals surface area contributed by atoms with Crippen LogP contribution in [-0.2, 0) is 0 Å². The van der Waals surface area contributed by atoms with Gasteiger partial charge >= 0.3 is 0 Å². The molecule has 0 spiro atoms. The molecule has 4 aromatic rings. The van der Waals surface area contributed by atoms with Gasteiger partial charge < -0.3 is 15.4 Å². The molecule has 4 heteroatoms. The van der Waals surface area contributed by atoms with Crippen molar-refractivity contribution in [3.63, 3.8) is 0 Å². The first-order valence-electron chi connectivity index (χ1n) is 11.7. The number of fused-ring (bicyclic) bond motifs is 2. The Morgan fingerprint density at radius 1 is 0.971 bits per heavy atom. The fraction of sp³-hybridized carbons (Fsp3) is 0.267. The molecule has 34 heavy (non-hydrogen) atoms. The Bertz CT molecular complexity index is 1490. The van der Waals surface area contributed by atoms with E-state index in [-0.39, 0.29) is 11.7 Å². The first kappa shape index (κ1) is 22.3. The number of hydrogen-bond acceptors (Lipinski definition) is 2. The monoisotopic (exact) mass is 452 g/mol. The molecule has 0 bridgehead atoms. The summed E-state index contributed by atoms with van der Waals surface area (Å²) in [6, 6.07) is 15.0. The molecule has 3 N–H and O–H groups in total. The van der Waals surface area contributed by atoms with E-state index in [1.807, 2.05) is 27.0 Å². The van der Waals surface area contributed by atoms with Gasteiger partial charge in [0.05, 0.1) is 22.7 Å². The summed E-state index contributed by atoms with van der Waals surface area (Å²) < 4.78 is 14.4. The van der Waals surface area contributed by atoms with E-state index >= 15 is 0 Å². The molecule has 1 aromatic heterocycles. The van der Waals surface area contributed by atoms with Crippen LogP contribution < -0.4 is 5.32 Å². The molecule has 0 fully saturated rings. The van der Waals surface area contributed by atoms with E-state index in [0.29, 0.717) is 5.56 Å². The third-order valence-corrected chi connectivity index (χ3v) is 7.09. The van der Waals surface area contributed by atoms with Crippen LogP contribution in [0.3, 0.4) is 0 Å². The lowest BCUT2D eigenvalue weighted by molar-refractivity contribution is 0.0868. The fourth-order valence-corrected chi connectivity index (χ4v) is 5.20. The van der Waals surface area contributed by atoms with Crippen molar-refractivity contribution in [2.75, 3.05) is 5.32 Å². The number of benzene rings is 3. The maximum absolute atomic E-state index is 14.4. The van der Waals surface area contributed by atoms with Crippen molar-refractivity contribution >= 4 is 16.6 Å². The Morgan fingerprint density at radius 3 is 2.50 bits per heavy atom. The summed E-state index contributed by atoms with van der Waals surface area (Å²) in [5.74, 6) is 5.90. The summed E-state index contributed by atoms with van der Waals surface area (Å²) in [4.78, 5) is 3.42. The highest BCUT2D eigenvalue weighted by atomic mass is 19.1. The Balaban J connectivity index is 1.84. The maximum Gasteiger partial charge on any atom is 0.138 e. The number of H-pyrrole nitrogens is 1. The molecule has 5 rings (SSSR count). The van der Waals surface area contributed by atoms with Gasteiger partial charge in [0.1, 0.15) is 5.82 Å². The normalized spacial score (nSPS) is 18.7. The van der Waals surface area contributed by atoms with E-state index in [4.69, 9.17) is 0 Å². The van der Waals surface area contributed by atoms with E-state index in [9.17, 15) is 9.50 Å². The highest BCUT2D eigenvalue weighted by Crippen LogP contribution is 2.46. The van der Waals surface area contributed by atoms with Crippen LogP contribution in [0.5, 0.6) is 0 Å². The van der Waals surface area contributed by atoms with Crippen LogP contribution in [0.4, 0.5) is 10.1 Å². The largest absolute Gasteiger partial charge is 0.390 e. The van der Waals surface area contributed by atoms with Crippen molar-refractivity contribution in [2.24, 2.45) is 0 Å². The van der Waals surface area contributed by atoms with Crippen molar-refractivity contribution in [1.29, 1.82) is 0 Å². The van der Waals surface area contributed by atoms with Gasteiger partial charge in [0.15, 0.2) is 0 Å². The van der Waals surface area contributed by atoms with Gasteiger partial charge in [-0.15, -0.1) is 0 Å². The van der Waals surface area contributed by atoms with E-state index in [0.717, 1.165) is 44.4 Å². The van der Waals surface area contributed by atoms with Gasteiger partial charge in [-0.2, -0.15) is 0 Å². The molecule has 2 atom stereocenters. The van der Waals surface area contributed by atoms with Crippen LogP contribution in [0.1, 0.15) is 54.5 Å². The molecule has 0 unspecified atom stereocenters. The van der Waals surface area contributed by atoms with Crippen LogP contribution in [0, 0.1) is 31.5 Å². The minimum atomic E-state index is -0.604. The van der Waals surface area contributed by atoms with Crippen LogP contribution in [-0.4, -0.2) is 21.7 Å². The Hall–Kier alpha value is -3.55. The van der Waals surface area contributed by atoms with Gasteiger partial charge in [0.2, 0.25) is 0 Å². The second-order valence-corrected chi connectivity index (χ2v) is 9.91. The van der Waals surface area contributed by atoms with Crippen LogP contribution >= 0.6 is 0 Å². The number of aliphatic hydroxyl groups is 1. The van der Waals surface area contributed by atoms with E-state index < -0.39 is 11.6 Å². The summed E-state index contributed by atoms with van der Waals surface area (Å²) in [6.45, 7) is 10.2. The number of halogens is 1. The molecule has 1 aliphatic rings. The summed E-state index contributed by atoms with van der Waals surface area (Å²) in [7, 11) is 0. The quantitative estimate of drug-likeness (QED) is 0.283. The molecule has 3 aromatic carbocycles. The number of rotatable bonds is 1. The molecule has 3 nitrogen and oxygen atoms in total. The Morgan fingerprint density at radius 2 is 1.74 bits per heavy atom. The molecule has 2 heterocycles. The van der Waals surface area contributed by atoms with Gasteiger partial charge in [-0.1, -0.05) is 49.1 Å². The molecular weight excluding hydrogens is 423 g/mol. The number of para-hydroxylation sites is 1. The number of aliphatic hydroxyl groups excluding tert-OH is 1.